The van der Waals surface area contributed by atoms with Gasteiger partial charge < -0.3 is 4.74 Å². The van der Waals surface area contributed by atoms with Crippen LogP contribution in [0.2, 0.25) is 0 Å². The Morgan fingerprint density at radius 2 is 1.53 bits per heavy atom. The molecule has 0 aromatic heterocycles. The molecule has 0 aliphatic heterocycles. The molecule has 1 aromatic rings. The van der Waals surface area contributed by atoms with E-state index >= 15 is 0 Å². The van der Waals surface area contributed by atoms with Crippen molar-refractivity contribution in [3.05, 3.63) is 35.9 Å². The summed E-state index contributed by atoms with van der Waals surface area (Å²) >= 11 is 0. The first-order chi connectivity index (χ1) is 8.91. The van der Waals surface area contributed by atoms with Gasteiger partial charge in [-0.3, -0.25) is 14.4 Å². The van der Waals surface area contributed by atoms with Crippen LogP contribution in [0, 0.1) is 0 Å². The number of rotatable bonds is 4. The van der Waals surface area contributed by atoms with Gasteiger partial charge in [0.1, 0.15) is 0 Å². The van der Waals surface area contributed by atoms with Gasteiger partial charge in [-0.25, -0.2) is 0 Å². The third-order valence-electron chi connectivity index (χ3n) is 2.31. The number of hydrogen-bond acceptors (Lipinski definition) is 4. The first kappa shape index (κ1) is 14.8. The molecule has 100 valence electrons. The molecule has 0 aliphatic rings. The second-order valence-electron chi connectivity index (χ2n) is 4.02. The Morgan fingerprint density at radius 1 is 1.00 bits per heavy atom. The Labute approximate surface area is 111 Å². The van der Waals surface area contributed by atoms with Gasteiger partial charge in [-0.05, 0) is 26.0 Å². The third kappa shape index (κ3) is 4.46. The maximum atomic E-state index is 11.7. The topological polar surface area (TPSA) is 72.8 Å². The number of amides is 1. The van der Waals surface area contributed by atoms with Crippen molar-refractivity contribution in [2.75, 3.05) is 0 Å². The maximum Gasteiger partial charge on any atom is 0.279 e. The van der Waals surface area contributed by atoms with Crippen molar-refractivity contribution in [1.82, 2.24) is 0 Å². The van der Waals surface area contributed by atoms with Crippen LogP contribution in [0.4, 0.5) is 0 Å². The lowest BCUT2D eigenvalue weighted by molar-refractivity contribution is -0.134. The van der Waals surface area contributed by atoms with E-state index in [9.17, 15) is 14.4 Å². The zero-order chi connectivity index (χ0) is 14.4. The zero-order valence-corrected chi connectivity index (χ0v) is 11.0. The lowest BCUT2D eigenvalue weighted by atomic mass is 10.2. The average Bonchev–Trinajstić information content (AvgIpc) is 2.36. The summed E-state index contributed by atoms with van der Waals surface area (Å²) in [6.45, 7) is 3.93. The summed E-state index contributed by atoms with van der Waals surface area (Å²) in [5.74, 6) is -1.34. The van der Waals surface area contributed by atoms with Gasteiger partial charge in [-0.15, -0.1) is 0 Å². The summed E-state index contributed by atoms with van der Waals surface area (Å²) < 4.78 is 5.10. The molecule has 0 N–H and O–H groups in total. The Balaban J connectivity index is 2.80. The fourth-order valence-corrected chi connectivity index (χ4v) is 1.44. The maximum absolute atomic E-state index is 11.7. The Morgan fingerprint density at radius 3 is 2.00 bits per heavy atom. The number of ketones is 2. The highest BCUT2D eigenvalue weighted by Gasteiger charge is 2.22. The molecule has 0 atom stereocenters. The Kier molecular flexibility index (Phi) is 5.11. The smallest absolute Gasteiger partial charge is 0.279 e. The lowest BCUT2D eigenvalue weighted by Gasteiger charge is -2.12. The van der Waals surface area contributed by atoms with E-state index in [1.54, 1.807) is 30.3 Å². The molecular weight excluding hydrogens is 246 g/mol. The van der Waals surface area contributed by atoms with E-state index in [4.69, 9.17) is 4.74 Å². The molecule has 0 bridgehead atoms. The predicted molar refractivity (Wildman–Crippen MR) is 70.1 cm³/mol. The van der Waals surface area contributed by atoms with Crippen molar-refractivity contribution in [3.8, 4) is 0 Å². The van der Waals surface area contributed by atoms with Crippen molar-refractivity contribution in [3.63, 3.8) is 0 Å². The lowest BCUT2D eigenvalue weighted by Crippen LogP contribution is -2.31. The first-order valence-corrected chi connectivity index (χ1v) is 5.74. The minimum atomic E-state index is -1.20. The second kappa shape index (κ2) is 6.58. The van der Waals surface area contributed by atoms with Gasteiger partial charge in [-0.2, -0.15) is 4.99 Å². The van der Waals surface area contributed by atoms with Gasteiger partial charge >= 0.3 is 0 Å². The van der Waals surface area contributed by atoms with Gasteiger partial charge in [0.05, 0.1) is 0 Å². The first-order valence-electron chi connectivity index (χ1n) is 5.74. The molecule has 0 heterocycles. The van der Waals surface area contributed by atoms with Crippen molar-refractivity contribution in [2.24, 2.45) is 4.99 Å². The molecule has 0 unspecified atom stereocenters. The van der Waals surface area contributed by atoms with E-state index < -0.39 is 23.6 Å². The summed E-state index contributed by atoms with van der Waals surface area (Å²) in [6, 6.07) is 8.45. The number of benzene rings is 1. The number of Topliss-reactive ketones (excluding diaryl/α,β-unsaturated/α-hetero) is 2. The van der Waals surface area contributed by atoms with Crippen LogP contribution in [-0.2, 0) is 14.3 Å². The van der Waals surface area contributed by atoms with E-state index in [0.717, 1.165) is 0 Å². The van der Waals surface area contributed by atoms with Gasteiger partial charge in [0.2, 0.25) is 6.10 Å². The van der Waals surface area contributed by atoms with Crippen LogP contribution in [0.5, 0.6) is 0 Å². The van der Waals surface area contributed by atoms with E-state index in [2.05, 4.69) is 4.99 Å². The number of carbonyl (C=O) groups is 3. The highest BCUT2D eigenvalue weighted by atomic mass is 16.5. The summed E-state index contributed by atoms with van der Waals surface area (Å²) in [4.78, 5) is 37.8. The molecule has 1 amide bonds. The molecule has 0 radical (unpaired) electrons. The quantitative estimate of drug-likeness (QED) is 0.470. The summed E-state index contributed by atoms with van der Waals surface area (Å²) in [7, 11) is 0. The molecule has 0 fully saturated rings. The zero-order valence-electron chi connectivity index (χ0n) is 11.0. The molecule has 0 saturated heterocycles. The Hall–Kier alpha value is -2.30. The summed E-state index contributed by atoms with van der Waals surface area (Å²) in [5, 5.41) is 0. The van der Waals surface area contributed by atoms with Gasteiger partial charge in [0, 0.05) is 12.5 Å². The Bertz CT molecular complexity index is 506. The van der Waals surface area contributed by atoms with Crippen LogP contribution in [0.3, 0.4) is 0 Å². The minimum Gasteiger partial charge on any atom is -0.462 e. The molecule has 1 rings (SSSR count). The van der Waals surface area contributed by atoms with Gasteiger partial charge in [-0.1, -0.05) is 18.2 Å². The highest BCUT2D eigenvalue weighted by Crippen LogP contribution is 2.03. The molecule has 19 heavy (non-hydrogen) atoms. The average molecular weight is 261 g/mol. The van der Waals surface area contributed by atoms with Crippen molar-refractivity contribution < 1.29 is 19.1 Å². The molecule has 0 aliphatic carbocycles. The van der Waals surface area contributed by atoms with Gasteiger partial charge in [0.15, 0.2) is 17.5 Å². The standard InChI is InChI=1S/C14H15NO4/c1-9(16)13(10(2)17)19-11(3)15-14(18)12-7-5-4-6-8-12/h4-8,13H,1-3H3. The SMILES string of the molecule is CC(=O)C(OC(C)=NC(=O)c1ccccc1)C(C)=O. The molecule has 0 spiro atoms. The van der Waals surface area contributed by atoms with Crippen LogP contribution in [0.25, 0.3) is 0 Å². The summed E-state index contributed by atoms with van der Waals surface area (Å²) in [5.41, 5.74) is 0.410. The number of nitrogens with zero attached hydrogens (tertiary/aromatic N) is 1. The number of ether oxygens (including phenoxy) is 1. The van der Waals surface area contributed by atoms with Crippen molar-refractivity contribution in [2.45, 2.75) is 26.9 Å². The predicted octanol–water partition coefficient (Wildman–Crippen LogP) is 1.81. The number of hydrogen-bond donors (Lipinski definition) is 0. The van der Waals surface area contributed by atoms with E-state index in [-0.39, 0.29) is 5.90 Å². The normalized spacial score (nSPS) is 11.3. The van der Waals surface area contributed by atoms with Crippen LogP contribution < -0.4 is 0 Å². The van der Waals surface area contributed by atoms with Gasteiger partial charge in [0.25, 0.3) is 5.91 Å². The minimum absolute atomic E-state index is 0.00995. The van der Waals surface area contributed by atoms with Crippen molar-refractivity contribution in [1.29, 1.82) is 0 Å². The molecule has 0 saturated carbocycles. The molecule has 5 nitrogen and oxygen atoms in total. The fraction of sp³-hybridized carbons (Fsp3) is 0.286. The van der Waals surface area contributed by atoms with Crippen LogP contribution >= 0.6 is 0 Å². The molecule has 5 heteroatoms. The largest absolute Gasteiger partial charge is 0.462 e. The number of carbonyl (C=O) groups excluding carboxylic acids is 3. The number of aliphatic imine (C=N–C) groups is 1. The fourth-order valence-electron chi connectivity index (χ4n) is 1.44. The van der Waals surface area contributed by atoms with E-state index in [1.165, 1.54) is 20.8 Å². The summed E-state index contributed by atoms with van der Waals surface area (Å²) in [6.07, 6.45) is -1.20. The van der Waals surface area contributed by atoms with Crippen molar-refractivity contribution >= 4 is 23.4 Å². The molecular formula is C14H15NO4. The second-order valence-corrected chi connectivity index (χ2v) is 4.02. The molecule has 1 aromatic carbocycles. The van der Waals surface area contributed by atoms with Crippen LogP contribution in [-0.4, -0.2) is 29.5 Å². The monoisotopic (exact) mass is 261 g/mol. The van der Waals surface area contributed by atoms with Crippen LogP contribution in [0.15, 0.2) is 35.3 Å². The van der Waals surface area contributed by atoms with E-state index in [1.807, 2.05) is 0 Å². The van der Waals surface area contributed by atoms with E-state index in [0.29, 0.717) is 5.56 Å². The van der Waals surface area contributed by atoms with Crippen LogP contribution in [0.1, 0.15) is 31.1 Å². The highest BCUT2D eigenvalue weighted by molar-refractivity contribution is 6.06. The third-order valence-corrected chi connectivity index (χ3v) is 2.31.